The summed E-state index contributed by atoms with van der Waals surface area (Å²) < 4.78 is 41.4. The third-order valence-electron chi connectivity index (χ3n) is 5.06. The van der Waals surface area contributed by atoms with Crippen molar-refractivity contribution in [2.75, 3.05) is 23.7 Å². The van der Waals surface area contributed by atoms with Gasteiger partial charge in [0.2, 0.25) is 0 Å². The van der Waals surface area contributed by atoms with Crippen molar-refractivity contribution in [3.8, 4) is 0 Å². The van der Waals surface area contributed by atoms with E-state index in [9.17, 15) is 13.2 Å². The second kappa shape index (κ2) is 6.23. The van der Waals surface area contributed by atoms with Crippen LogP contribution in [-0.2, 0) is 6.18 Å². The zero-order valence-corrected chi connectivity index (χ0v) is 14.1. The third kappa shape index (κ3) is 3.09. The predicted octanol–water partition coefficient (Wildman–Crippen LogP) is 4.32. The maximum absolute atomic E-state index is 13.2. The number of hydrogen-bond acceptors (Lipinski definition) is 3. The summed E-state index contributed by atoms with van der Waals surface area (Å²) >= 11 is 0. The number of aromatic nitrogens is 2. The first-order chi connectivity index (χ1) is 12.4. The standard InChI is InChI=1S/C19H19F3N4/c20-19(21,22)15-9-17-11-24-12-26(17)18(10-15)25-7-5-14(6-8-25)13-1-3-16(23)4-2-13/h1-4,9-12,14H,5-8,23H2. The van der Waals surface area contributed by atoms with Gasteiger partial charge in [0.25, 0.3) is 0 Å². The Balaban J connectivity index is 1.59. The van der Waals surface area contributed by atoms with Crippen molar-refractivity contribution in [2.24, 2.45) is 0 Å². The molecule has 136 valence electrons. The fourth-order valence-corrected chi connectivity index (χ4v) is 3.63. The molecule has 2 N–H and O–H groups in total. The summed E-state index contributed by atoms with van der Waals surface area (Å²) in [4.78, 5) is 6.02. The molecule has 3 heterocycles. The summed E-state index contributed by atoms with van der Waals surface area (Å²) in [6.07, 6.45) is 0.423. The van der Waals surface area contributed by atoms with Gasteiger partial charge in [0.15, 0.2) is 0 Å². The Morgan fingerprint density at radius 2 is 1.73 bits per heavy atom. The normalized spacial score (nSPS) is 16.3. The van der Waals surface area contributed by atoms with E-state index in [1.807, 2.05) is 29.2 Å². The smallest absolute Gasteiger partial charge is 0.399 e. The summed E-state index contributed by atoms with van der Waals surface area (Å²) in [5.41, 5.74) is 7.52. The minimum absolute atomic E-state index is 0.399. The molecule has 0 bridgehead atoms. The summed E-state index contributed by atoms with van der Waals surface area (Å²) in [6.45, 7) is 1.40. The molecule has 1 aromatic carbocycles. The van der Waals surface area contributed by atoms with Crippen molar-refractivity contribution < 1.29 is 13.2 Å². The molecule has 26 heavy (non-hydrogen) atoms. The number of halogens is 3. The topological polar surface area (TPSA) is 46.6 Å². The minimum atomic E-state index is -4.37. The van der Waals surface area contributed by atoms with Gasteiger partial charge in [-0.2, -0.15) is 13.2 Å². The maximum Gasteiger partial charge on any atom is 0.416 e. The van der Waals surface area contributed by atoms with Crippen LogP contribution in [0.25, 0.3) is 5.52 Å². The Labute approximate surface area is 149 Å². The molecule has 0 radical (unpaired) electrons. The largest absolute Gasteiger partial charge is 0.416 e. The molecular weight excluding hydrogens is 341 g/mol. The molecule has 0 saturated carbocycles. The number of nitrogen functional groups attached to an aromatic ring is 1. The second-order valence-electron chi connectivity index (χ2n) is 6.72. The van der Waals surface area contributed by atoms with Crippen molar-refractivity contribution in [2.45, 2.75) is 24.9 Å². The lowest BCUT2D eigenvalue weighted by Crippen LogP contribution is -2.34. The van der Waals surface area contributed by atoms with E-state index in [-0.39, 0.29) is 0 Å². The Bertz CT molecular complexity index is 907. The van der Waals surface area contributed by atoms with Gasteiger partial charge in [-0.3, -0.25) is 4.40 Å². The van der Waals surface area contributed by atoms with Gasteiger partial charge in [0.1, 0.15) is 12.1 Å². The summed E-state index contributed by atoms with van der Waals surface area (Å²) in [6, 6.07) is 10.2. The van der Waals surface area contributed by atoms with Crippen LogP contribution < -0.4 is 10.6 Å². The number of imidazole rings is 1. The molecule has 0 unspecified atom stereocenters. The van der Waals surface area contributed by atoms with Gasteiger partial charge in [-0.25, -0.2) is 4.98 Å². The van der Waals surface area contributed by atoms with Crippen LogP contribution in [-0.4, -0.2) is 22.5 Å². The van der Waals surface area contributed by atoms with E-state index in [1.54, 1.807) is 10.7 Å². The SMILES string of the molecule is Nc1ccc(C2CCN(c3cc(C(F)(F)F)cc4cncn34)CC2)cc1. The van der Waals surface area contributed by atoms with Gasteiger partial charge in [-0.05, 0) is 48.6 Å². The molecule has 0 atom stereocenters. The van der Waals surface area contributed by atoms with Crippen LogP contribution in [0.5, 0.6) is 0 Å². The Hall–Kier alpha value is -2.70. The lowest BCUT2D eigenvalue weighted by molar-refractivity contribution is -0.137. The number of anilines is 2. The van der Waals surface area contributed by atoms with E-state index in [1.165, 1.54) is 17.8 Å². The number of hydrogen-bond donors (Lipinski definition) is 1. The zero-order chi connectivity index (χ0) is 18.3. The molecular formula is C19H19F3N4. The van der Waals surface area contributed by atoms with E-state index >= 15 is 0 Å². The molecule has 0 spiro atoms. The molecule has 7 heteroatoms. The van der Waals surface area contributed by atoms with Crippen LogP contribution in [0.4, 0.5) is 24.7 Å². The van der Waals surface area contributed by atoms with Gasteiger partial charge >= 0.3 is 6.18 Å². The molecule has 0 aliphatic carbocycles. The lowest BCUT2D eigenvalue weighted by Gasteiger charge is -2.34. The highest BCUT2D eigenvalue weighted by Crippen LogP contribution is 2.35. The van der Waals surface area contributed by atoms with E-state index in [0.717, 1.165) is 24.6 Å². The highest BCUT2D eigenvalue weighted by atomic mass is 19.4. The summed E-state index contributed by atoms with van der Waals surface area (Å²) in [7, 11) is 0. The number of benzene rings is 1. The van der Waals surface area contributed by atoms with Crippen LogP contribution in [0.2, 0.25) is 0 Å². The number of nitrogens with two attached hydrogens (primary N) is 1. The van der Waals surface area contributed by atoms with E-state index in [2.05, 4.69) is 4.98 Å². The van der Waals surface area contributed by atoms with Crippen LogP contribution >= 0.6 is 0 Å². The van der Waals surface area contributed by atoms with Crippen LogP contribution in [0, 0.1) is 0 Å². The first-order valence-electron chi connectivity index (χ1n) is 8.55. The highest BCUT2D eigenvalue weighted by Gasteiger charge is 2.32. The number of nitrogens with zero attached hydrogens (tertiary/aromatic N) is 3. The molecule has 1 aliphatic heterocycles. The van der Waals surface area contributed by atoms with Gasteiger partial charge in [0.05, 0.1) is 17.3 Å². The molecule has 1 saturated heterocycles. The third-order valence-corrected chi connectivity index (χ3v) is 5.06. The second-order valence-corrected chi connectivity index (χ2v) is 6.72. The molecule has 3 aromatic rings. The molecule has 4 rings (SSSR count). The van der Waals surface area contributed by atoms with Crippen molar-refractivity contribution in [3.05, 3.63) is 60.0 Å². The molecule has 4 nitrogen and oxygen atoms in total. The first-order valence-corrected chi connectivity index (χ1v) is 8.55. The van der Waals surface area contributed by atoms with Crippen molar-refractivity contribution in [3.63, 3.8) is 0 Å². The van der Waals surface area contributed by atoms with Gasteiger partial charge < -0.3 is 10.6 Å². The lowest BCUT2D eigenvalue weighted by atomic mass is 9.89. The van der Waals surface area contributed by atoms with E-state index in [4.69, 9.17) is 5.73 Å². The average Bonchev–Trinajstić information content (AvgIpc) is 3.10. The van der Waals surface area contributed by atoms with E-state index < -0.39 is 11.7 Å². The molecule has 0 amide bonds. The number of pyridine rings is 1. The Kier molecular flexibility index (Phi) is 4.01. The number of alkyl halides is 3. The molecule has 2 aromatic heterocycles. The van der Waals surface area contributed by atoms with E-state index in [0.29, 0.717) is 30.3 Å². The molecule has 1 fully saturated rings. The number of rotatable bonds is 2. The van der Waals surface area contributed by atoms with Crippen molar-refractivity contribution >= 4 is 17.0 Å². The van der Waals surface area contributed by atoms with Crippen molar-refractivity contribution in [1.29, 1.82) is 0 Å². The van der Waals surface area contributed by atoms with Crippen LogP contribution in [0.3, 0.4) is 0 Å². The van der Waals surface area contributed by atoms with Gasteiger partial charge in [-0.15, -0.1) is 0 Å². The number of piperidine rings is 1. The summed E-state index contributed by atoms with van der Waals surface area (Å²) in [5, 5.41) is 0. The maximum atomic E-state index is 13.2. The predicted molar refractivity (Wildman–Crippen MR) is 95.2 cm³/mol. The fourth-order valence-electron chi connectivity index (χ4n) is 3.63. The Morgan fingerprint density at radius 3 is 2.38 bits per heavy atom. The minimum Gasteiger partial charge on any atom is -0.399 e. The van der Waals surface area contributed by atoms with Crippen molar-refractivity contribution in [1.82, 2.24) is 9.38 Å². The summed E-state index contributed by atoms with van der Waals surface area (Å²) in [5.74, 6) is 0.944. The zero-order valence-electron chi connectivity index (χ0n) is 14.1. The van der Waals surface area contributed by atoms with Crippen LogP contribution in [0.15, 0.2) is 48.9 Å². The monoisotopic (exact) mass is 360 g/mol. The number of fused-ring (bicyclic) bond motifs is 1. The van der Waals surface area contributed by atoms with Crippen LogP contribution in [0.1, 0.15) is 29.9 Å². The quantitative estimate of drug-likeness (QED) is 0.693. The average molecular weight is 360 g/mol. The molecule has 1 aliphatic rings. The fraction of sp³-hybridized carbons (Fsp3) is 0.316. The van der Waals surface area contributed by atoms with Gasteiger partial charge in [0, 0.05) is 18.8 Å². The highest BCUT2D eigenvalue weighted by molar-refractivity contribution is 5.58. The van der Waals surface area contributed by atoms with Gasteiger partial charge in [-0.1, -0.05) is 12.1 Å². The Morgan fingerprint density at radius 1 is 1.04 bits per heavy atom. The first kappa shape index (κ1) is 16.8.